The van der Waals surface area contributed by atoms with Crippen molar-refractivity contribution in [3.63, 3.8) is 0 Å². The highest BCUT2D eigenvalue weighted by molar-refractivity contribution is 7.88. The maximum atomic E-state index is 13.4. The summed E-state index contributed by atoms with van der Waals surface area (Å²) < 4.78 is 37.2. The van der Waals surface area contributed by atoms with E-state index in [-0.39, 0.29) is 24.5 Å². The molecule has 0 spiro atoms. The van der Waals surface area contributed by atoms with Crippen molar-refractivity contribution in [3.05, 3.63) is 23.6 Å². The van der Waals surface area contributed by atoms with Gasteiger partial charge in [0.05, 0.1) is 11.8 Å². The van der Waals surface area contributed by atoms with Crippen LogP contribution in [0.4, 0.5) is 10.2 Å². The van der Waals surface area contributed by atoms with Gasteiger partial charge in [0, 0.05) is 19.3 Å². The third-order valence-corrected chi connectivity index (χ3v) is 2.89. The molecule has 0 atom stereocenters. The number of hydrogen-bond donors (Lipinski definition) is 3. The summed E-state index contributed by atoms with van der Waals surface area (Å²) in [5.74, 6) is -1.83. The van der Waals surface area contributed by atoms with Crippen LogP contribution in [0.25, 0.3) is 0 Å². The summed E-state index contributed by atoms with van der Waals surface area (Å²) in [7, 11) is -3.24. The number of aromatic nitrogens is 1. The van der Waals surface area contributed by atoms with E-state index in [0.717, 1.165) is 6.26 Å². The molecule has 0 fully saturated rings. The van der Waals surface area contributed by atoms with Gasteiger partial charge in [-0.3, -0.25) is 4.79 Å². The topological polar surface area (TPSA) is 114 Å². The van der Waals surface area contributed by atoms with Crippen molar-refractivity contribution in [2.24, 2.45) is 0 Å². The van der Waals surface area contributed by atoms with Crippen LogP contribution in [0.3, 0.4) is 0 Å². The van der Waals surface area contributed by atoms with E-state index >= 15 is 0 Å². The van der Waals surface area contributed by atoms with Gasteiger partial charge >= 0.3 is 0 Å². The fourth-order valence-electron chi connectivity index (χ4n) is 1.28. The highest BCUT2D eigenvalue weighted by Crippen LogP contribution is 2.11. The highest BCUT2D eigenvalue weighted by atomic mass is 32.2. The summed E-state index contributed by atoms with van der Waals surface area (Å²) in [6.45, 7) is 0.406. The smallest absolute Gasteiger partial charge is 0.254 e. The number of halogens is 1. The number of carbonyl (C=O) groups excluding carboxylic acids is 1. The molecule has 0 aliphatic rings. The van der Waals surface area contributed by atoms with Crippen molar-refractivity contribution in [3.8, 4) is 0 Å². The Bertz CT molecular complexity index is 562. The fraction of sp³-hybridized carbons (Fsp3) is 0.400. The molecule has 0 radical (unpaired) electrons. The lowest BCUT2D eigenvalue weighted by Gasteiger charge is -2.07. The van der Waals surface area contributed by atoms with E-state index in [0.29, 0.717) is 6.42 Å². The van der Waals surface area contributed by atoms with Crippen molar-refractivity contribution < 1.29 is 17.6 Å². The summed E-state index contributed by atoms with van der Waals surface area (Å²) in [6.07, 6.45) is 2.67. The SMILES string of the molecule is CS(=O)(=O)NCCCNC(=O)c1ccnc(N)c1F. The van der Waals surface area contributed by atoms with E-state index in [1.54, 1.807) is 0 Å². The first-order chi connectivity index (χ1) is 8.81. The number of hydrogen-bond acceptors (Lipinski definition) is 5. The van der Waals surface area contributed by atoms with Crippen LogP contribution in [0, 0.1) is 5.82 Å². The van der Waals surface area contributed by atoms with Gasteiger partial charge < -0.3 is 11.1 Å². The molecule has 9 heteroatoms. The van der Waals surface area contributed by atoms with Crippen LogP contribution in [0.2, 0.25) is 0 Å². The van der Waals surface area contributed by atoms with Crippen LogP contribution < -0.4 is 15.8 Å². The maximum Gasteiger partial charge on any atom is 0.254 e. The van der Waals surface area contributed by atoms with Crippen LogP contribution in [0.5, 0.6) is 0 Å². The summed E-state index contributed by atoms with van der Waals surface area (Å²) >= 11 is 0. The minimum atomic E-state index is -3.24. The molecule has 0 saturated heterocycles. The second-order valence-electron chi connectivity index (χ2n) is 3.83. The molecule has 19 heavy (non-hydrogen) atoms. The maximum absolute atomic E-state index is 13.4. The van der Waals surface area contributed by atoms with Crippen molar-refractivity contribution in [1.82, 2.24) is 15.0 Å². The van der Waals surface area contributed by atoms with Crippen molar-refractivity contribution in [2.45, 2.75) is 6.42 Å². The van der Waals surface area contributed by atoms with Crippen molar-refractivity contribution in [1.29, 1.82) is 0 Å². The van der Waals surface area contributed by atoms with Gasteiger partial charge in [-0.1, -0.05) is 0 Å². The molecule has 1 amide bonds. The second kappa shape index (κ2) is 6.43. The van der Waals surface area contributed by atoms with Gasteiger partial charge in [0.1, 0.15) is 0 Å². The van der Waals surface area contributed by atoms with E-state index in [1.807, 2.05) is 0 Å². The molecule has 0 unspecified atom stereocenters. The molecule has 1 heterocycles. The van der Waals surface area contributed by atoms with Gasteiger partial charge in [-0.15, -0.1) is 0 Å². The molecule has 7 nitrogen and oxygen atoms in total. The van der Waals surface area contributed by atoms with Gasteiger partial charge in [-0.2, -0.15) is 0 Å². The van der Waals surface area contributed by atoms with Crippen LogP contribution in [0.15, 0.2) is 12.3 Å². The predicted octanol–water partition coefficient (Wildman–Crippen LogP) is -0.528. The van der Waals surface area contributed by atoms with E-state index < -0.39 is 21.7 Å². The van der Waals surface area contributed by atoms with Crippen LogP contribution >= 0.6 is 0 Å². The number of nitrogens with zero attached hydrogens (tertiary/aromatic N) is 1. The Balaban J connectivity index is 2.42. The Morgan fingerprint density at radius 3 is 2.79 bits per heavy atom. The molecule has 1 aromatic heterocycles. The molecule has 0 aromatic carbocycles. The molecule has 1 aromatic rings. The number of pyridine rings is 1. The predicted molar refractivity (Wildman–Crippen MR) is 68.4 cm³/mol. The van der Waals surface area contributed by atoms with E-state index in [4.69, 9.17) is 5.73 Å². The first-order valence-electron chi connectivity index (χ1n) is 5.44. The Morgan fingerprint density at radius 1 is 1.47 bits per heavy atom. The van der Waals surface area contributed by atoms with Gasteiger partial charge in [-0.25, -0.2) is 22.5 Å². The zero-order valence-electron chi connectivity index (χ0n) is 10.3. The van der Waals surface area contributed by atoms with Crippen LogP contribution in [-0.2, 0) is 10.0 Å². The lowest BCUT2D eigenvalue weighted by molar-refractivity contribution is 0.0949. The number of sulfonamides is 1. The summed E-state index contributed by atoms with van der Waals surface area (Å²) in [5, 5.41) is 2.46. The van der Waals surface area contributed by atoms with Gasteiger partial charge in [0.2, 0.25) is 10.0 Å². The molecule has 0 saturated carbocycles. The van der Waals surface area contributed by atoms with Crippen LogP contribution in [-0.4, -0.2) is 38.7 Å². The molecule has 0 aliphatic heterocycles. The lowest BCUT2D eigenvalue weighted by atomic mass is 10.2. The van der Waals surface area contributed by atoms with E-state index in [1.165, 1.54) is 12.3 Å². The van der Waals surface area contributed by atoms with Gasteiger partial charge in [-0.05, 0) is 12.5 Å². The number of carbonyl (C=O) groups is 1. The number of rotatable bonds is 6. The van der Waals surface area contributed by atoms with E-state index in [9.17, 15) is 17.6 Å². The first kappa shape index (κ1) is 15.3. The summed E-state index contributed by atoms with van der Waals surface area (Å²) in [5.41, 5.74) is 5.05. The Morgan fingerprint density at radius 2 is 2.16 bits per heavy atom. The lowest BCUT2D eigenvalue weighted by Crippen LogP contribution is -2.30. The summed E-state index contributed by atoms with van der Waals surface area (Å²) in [4.78, 5) is 15.1. The minimum Gasteiger partial charge on any atom is -0.381 e. The van der Waals surface area contributed by atoms with Crippen molar-refractivity contribution >= 4 is 21.7 Å². The Labute approximate surface area is 110 Å². The quantitative estimate of drug-likeness (QED) is 0.609. The molecule has 106 valence electrons. The fourth-order valence-corrected chi connectivity index (χ4v) is 1.79. The summed E-state index contributed by atoms with van der Waals surface area (Å²) in [6, 6.07) is 1.22. The largest absolute Gasteiger partial charge is 0.381 e. The van der Waals surface area contributed by atoms with Crippen molar-refractivity contribution in [2.75, 3.05) is 25.1 Å². The standard InChI is InChI=1S/C10H15FN4O3S/c1-19(17,18)15-5-2-4-14-10(16)7-3-6-13-9(12)8(7)11/h3,6,15H,2,4-5H2,1H3,(H2,12,13)(H,14,16). The zero-order chi connectivity index (χ0) is 14.5. The monoisotopic (exact) mass is 290 g/mol. The second-order valence-corrected chi connectivity index (χ2v) is 5.67. The molecule has 0 aliphatic carbocycles. The number of nitrogen functional groups attached to an aromatic ring is 1. The minimum absolute atomic E-state index is 0.191. The number of anilines is 1. The normalized spacial score (nSPS) is 11.3. The molecular weight excluding hydrogens is 275 g/mol. The van der Waals surface area contributed by atoms with Gasteiger partial charge in [0.15, 0.2) is 11.6 Å². The number of nitrogens with one attached hydrogen (secondary N) is 2. The van der Waals surface area contributed by atoms with Gasteiger partial charge in [0.25, 0.3) is 5.91 Å². The average Bonchev–Trinajstić information content (AvgIpc) is 2.30. The third kappa shape index (κ3) is 5.18. The highest BCUT2D eigenvalue weighted by Gasteiger charge is 2.13. The average molecular weight is 290 g/mol. The number of nitrogens with two attached hydrogens (primary N) is 1. The van der Waals surface area contributed by atoms with Crippen LogP contribution in [0.1, 0.15) is 16.8 Å². The number of amides is 1. The molecule has 1 rings (SSSR count). The Kier molecular flexibility index (Phi) is 5.19. The Hall–Kier alpha value is -1.74. The first-order valence-corrected chi connectivity index (χ1v) is 7.33. The van der Waals surface area contributed by atoms with E-state index in [2.05, 4.69) is 15.0 Å². The molecule has 4 N–H and O–H groups in total. The molecular formula is C10H15FN4O3S. The molecule has 0 bridgehead atoms. The third-order valence-electron chi connectivity index (χ3n) is 2.16. The zero-order valence-corrected chi connectivity index (χ0v) is 11.1.